The first-order chi connectivity index (χ1) is 13.2. The summed E-state index contributed by atoms with van der Waals surface area (Å²) in [5.41, 5.74) is 9.05. The summed E-state index contributed by atoms with van der Waals surface area (Å²) < 4.78 is 7.89. The van der Waals surface area contributed by atoms with Crippen molar-refractivity contribution in [2.75, 3.05) is 32.0 Å². The molecule has 0 unspecified atom stereocenters. The first kappa shape index (κ1) is 16.1. The minimum atomic E-state index is 0.605. The number of ether oxygens (including phenoxy) is 1. The second-order valence-electron chi connectivity index (χ2n) is 8.99. The van der Waals surface area contributed by atoms with Gasteiger partial charge in [-0.15, -0.1) is 0 Å². The van der Waals surface area contributed by atoms with Crippen molar-refractivity contribution in [3.63, 3.8) is 0 Å². The second kappa shape index (κ2) is 5.79. The van der Waals surface area contributed by atoms with Gasteiger partial charge in [0, 0.05) is 43.5 Å². The van der Waals surface area contributed by atoms with E-state index >= 15 is 0 Å². The number of nitrogens with two attached hydrogens (primary N) is 1. The molecular weight excluding hydrogens is 338 g/mol. The van der Waals surface area contributed by atoms with Crippen LogP contribution in [-0.4, -0.2) is 51.8 Å². The van der Waals surface area contributed by atoms with E-state index in [0.717, 1.165) is 54.2 Å². The largest absolute Gasteiger partial charge is 0.383 e. The lowest BCUT2D eigenvalue weighted by Crippen LogP contribution is -2.49. The lowest BCUT2D eigenvalue weighted by Gasteiger charge is -2.36. The number of hydrogen-bond donors (Lipinski definition) is 1. The molecule has 4 fully saturated rings. The average molecular weight is 365 g/mol. The van der Waals surface area contributed by atoms with Crippen molar-refractivity contribution >= 4 is 5.82 Å². The fraction of sp³-hybridized carbons (Fsp3) is 0.619. The van der Waals surface area contributed by atoms with Crippen molar-refractivity contribution in [1.29, 1.82) is 0 Å². The smallest absolute Gasteiger partial charge is 0.126 e. The molecular formula is C21H27N5O. The Hall–Kier alpha value is -1.92. The second-order valence-corrected chi connectivity index (χ2v) is 8.99. The van der Waals surface area contributed by atoms with Gasteiger partial charge in [0.15, 0.2) is 0 Å². The van der Waals surface area contributed by atoms with Crippen molar-refractivity contribution in [3.8, 4) is 11.3 Å². The number of anilines is 1. The maximum absolute atomic E-state index is 5.90. The van der Waals surface area contributed by atoms with Crippen LogP contribution in [0.2, 0.25) is 0 Å². The summed E-state index contributed by atoms with van der Waals surface area (Å²) in [6.07, 6.45) is 7.99. The van der Waals surface area contributed by atoms with Crippen LogP contribution in [0, 0.1) is 24.7 Å². The van der Waals surface area contributed by atoms with Crippen LogP contribution in [0.4, 0.5) is 5.82 Å². The highest BCUT2D eigenvalue weighted by molar-refractivity contribution is 5.61. The molecule has 4 heterocycles. The predicted molar refractivity (Wildman–Crippen MR) is 103 cm³/mol. The Morgan fingerprint density at radius 1 is 1.22 bits per heavy atom. The zero-order valence-electron chi connectivity index (χ0n) is 15.8. The van der Waals surface area contributed by atoms with Crippen molar-refractivity contribution in [1.82, 2.24) is 19.4 Å². The minimum Gasteiger partial charge on any atom is -0.383 e. The fourth-order valence-corrected chi connectivity index (χ4v) is 4.96. The van der Waals surface area contributed by atoms with Crippen LogP contribution in [0.25, 0.3) is 11.3 Å². The molecule has 2 aliphatic carbocycles. The normalized spacial score (nSPS) is 30.3. The van der Waals surface area contributed by atoms with Gasteiger partial charge in [0.2, 0.25) is 0 Å². The third-order valence-corrected chi connectivity index (χ3v) is 7.03. The van der Waals surface area contributed by atoms with Crippen LogP contribution in [0.1, 0.15) is 30.3 Å². The topological polar surface area (TPSA) is 69.2 Å². The van der Waals surface area contributed by atoms with Crippen molar-refractivity contribution < 1.29 is 4.74 Å². The molecule has 27 heavy (non-hydrogen) atoms. The third kappa shape index (κ3) is 2.69. The van der Waals surface area contributed by atoms with Gasteiger partial charge in [-0.25, -0.2) is 9.97 Å². The zero-order valence-corrected chi connectivity index (χ0v) is 15.8. The van der Waals surface area contributed by atoms with Crippen molar-refractivity contribution in [2.45, 2.75) is 38.3 Å². The third-order valence-electron chi connectivity index (χ3n) is 7.03. The number of aryl methyl sites for hydroxylation is 1. The molecule has 2 saturated carbocycles. The number of pyridine rings is 1. The molecule has 0 spiro atoms. The lowest BCUT2D eigenvalue weighted by molar-refractivity contribution is -0.0616. The molecule has 2 aliphatic heterocycles. The molecule has 2 aromatic rings. The lowest BCUT2D eigenvalue weighted by atomic mass is 10.1. The van der Waals surface area contributed by atoms with E-state index in [4.69, 9.17) is 15.5 Å². The number of piperidine rings is 1. The molecule has 2 aromatic heterocycles. The van der Waals surface area contributed by atoms with E-state index < -0.39 is 0 Å². The number of nitrogens with zero attached hydrogens (tertiary/aromatic N) is 4. The predicted octanol–water partition coefficient (Wildman–Crippen LogP) is 2.29. The molecule has 6 nitrogen and oxygen atoms in total. The Balaban J connectivity index is 1.27. The fourth-order valence-electron chi connectivity index (χ4n) is 4.96. The SMILES string of the molecule is Cc1cc(-c2cn([C@H]3[C@@H]4CN(C5COC5)C[C@@H]43)c(CC3CC3)n2)cnc1N. The summed E-state index contributed by atoms with van der Waals surface area (Å²) >= 11 is 0. The van der Waals surface area contributed by atoms with Gasteiger partial charge in [0.25, 0.3) is 0 Å². The van der Waals surface area contributed by atoms with E-state index in [0.29, 0.717) is 17.9 Å². The summed E-state index contributed by atoms with van der Waals surface area (Å²) in [5, 5.41) is 0. The van der Waals surface area contributed by atoms with Crippen LogP contribution in [0.15, 0.2) is 18.5 Å². The number of aromatic nitrogens is 3. The summed E-state index contributed by atoms with van der Waals surface area (Å²) in [6.45, 7) is 6.31. The molecule has 2 saturated heterocycles. The Labute approximate surface area is 159 Å². The van der Waals surface area contributed by atoms with Gasteiger partial charge < -0.3 is 15.0 Å². The molecule has 3 atom stereocenters. The van der Waals surface area contributed by atoms with Gasteiger partial charge in [-0.3, -0.25) is 4.90 Å². The van der Waals surface area contributed by atoms with E-state index in [1.165, 1.54) is 31.8 Å². The molecule has 4 aliphatic rings. The van der Waals surface area contributed by atoms with Crippen LogP contribution in [0.3, 0.4) is 0 Å². The highest BCUT2D eigenvalue weighted by Gasteiger charge is 2.58. The van der Waals surface area contributed by atoms with E-state index in [9.17, 15) is 0 Å². The van der Waals surface area contributed by atoms with Gasteiger partial charge >= 0.3 is 0 Å². The molecule has 142 valence electrons. The van der Waals surface area contributed by atoms with Gasteiger partial charge in [-0.05, 0) is 49.1 Å². The Bertz CT molecular complexity index is 873. The molecule has 6 heteroatoms. The maximum atomic E-state index is 5.90. The summed E-state index contributed by atoms with van der Waals surface area (Å²) in [6, 6.07) is 3.42. The van der Waals surface area contributed by atoms with E-state index in [-0.39, 0.29) is 0 Å². The van der Waals surface area contributed by atoms with Crippen LogP contribution in [0.5, 0.6) is 0 Å². The molecule has 0 aromatic carbocycles. The molecule has 0 bridgehead atoms. The molecule has 2 N–H and O–H groups in total. The van der Waals surface area contributed by atoms with E-state index in [1.807, 2.05) is 13.1 Å². The number of likely N-dealkylation sites (tertiary alicyclic amines) is 1. The Morgan fingerprint density at radius 2 is 2.00 bits per heavy atom. The Kier molecular flexibility index (Phi) is 3.44. The molecule has 0 radical (unpaired) electrons. The van der Waals surface area contributed by atoms with E-state index in [2.05, 4.69) is 26.7 Å². The number of nitrogen functional groups attached to an aromatic ring is 1. The standard InChI is InChI=1S/C21H27N5O/c1-12-4-14(6-23-21(12)22)18-9-26(19(24-18)5-13-2-3-13)20-16-7-25(8-17(16)20)15-10-27-11-15/h4,6,9,13,15-17,20H,2-3,5,7-8,10-11H2,1H3,(H2,22,23)/t16-,17+,20+. The number of rotatable bonds is 5. The number of imidazole rings is 1. The molecule has 6 rings (SSSR count). The number of fused-ring (bicyclic) bond motifs is 1. The first-order valence-electron chi connectivity index (χ1n) is 10.3. The number of hydrogen-bond acceptors (Lipinski definition) is 5. The Morgan fingerprint density at radius 3 is 2.63 bits per heavy atom. The average Bonchev–Trinajstić information content (AvgIpc) is 3.44. The quantitative estimate of drug-likeness (QED) is 0.880. The minimum absolute atomic E-state index is 0.605. The van der Waals surface area contributed by atoms with Crippen molar-refractivity contribution in [2.24, 2.45) is 17.8 Å². The van der Waals surface area contributed by atoms with Crippen molar-refractivity contribution in [3.05, 3.63) is 29.8 Å². The monoisotopic (exact) mass is 365 g/mol. The molecule has 0 amide bonds. The van der Waals surface area contributed by atoms with Gasteiger partial charge in [0.05, 0.1) is 24.9 Å². The van der Waals surface area contributed by atoms with Gasteiger partial charge in [-0.1, -0.05) is 0 Å². The highest BCUT2D eigenvalue weighted by atomic mass is 16.5. The van der Waals surface area contributed by atoms with Gasteiger partial charge in [-0.2, -0.15) is 0 Å². The first-order valence-corrected chi connectivity index (χ1v) is 10.3. The highest BCUT2D eigenvalue weighted by Crippen LogP contribution is 2.56. The zero-order chi connectivity index (χ0) is 18.1. The van der Waals surface area contributed by atoms with E-state index in [1.54, 1.807) is 0 Å². The summed E-state index contributed by atoms with van der Waals surface area (Å²) in [7, 11) is 0. The van der Waals surface area contributed by atoms with Crippen LogP contribution < -0.4 is 5.73 Å². The van der Waals surface area contributed by atoms with Crippen LogP contribution >= 0.6 is 0 Å². The summed E-state index contributed by atoms with van der Waals surface area (Å²) in [4.78, 5) is 12.0. The van der Waals surface area contributed by atoms with Crippen LogP contribution in [-0.2, 0) is 11.2 Å². The summed E-state index contributed by atoms with van der Waals surface area (Å²) in [5.74, 6) is 4.30. The van der Waals surface area contributed by atoms with Gasteiger partial charge in [0.1, 0.15) is 11.6 Å². The maximum Gasteiger partial charge on any atom is 0.126 e.